The van der Waals surface area contributed by atoms with Crippen LogP contribution in [-0.2, 0) is 6.54 Å². The third-order valence-corrected chi connectivity index (χ3v) is 4.35. The topological polar surface area (TPSA) is 46.0 Å². The minimum Gasteiger partial charge on any atom is -0.317 e. The standard InChI is InChI=1S/C12H21N5/c1-13-10-8-11-2-3-12(9-10)17(11)7-6-16-5-4-14-15-16/h4-5,10-13H,2-3,6-9H2,1H3. The first kappa shape index (κ1) is 11.2. The lowest BCUT2D eigenvalue weighted by atomic mass is 9.97. The van der Waals surface area contributed by atoms with E-state index in [2.05, 4.69) is 27.6 Å². The van der Waals surface area contributed by atoms with Crippen molar-refractivity contribution in [2.75, 3.05) is 13.6 Å². The van der Waals surface area contributed by atoms with Crippen LogP contribution in [0.2, 0.25) is 0 Å². The number of rotatable bonds is 4. The lowest BCUT2D eigenvalue weighted by molar-refractivity contribution is 0.113. The van der Waals surface area contributed by atoms with Crippen LogP contribution in [0, 0.1) is 0 Å². The molecule has 5 nitrogen and oxygen atoms in total. The molecule has 0 aromatic carbocycles. The molecule has 0 spiro atoms. The van der Waals surface area contributed by atoms with Crippen molar-refractivity contribution in [1.82, 2.24) is 25.2 Å². The van der Waals surface area contributed by atoms with Gasteiger partial charge >= 0.3 is 0 Å². The predicted octanol–water partition coefficient (Wildman–Crippen LogP) is 0.493. The molecule has 2 atom stereocenters. The smallest absolute Gasteiger partial charge is 0.0692 e. The number of nitrogens with zero attached hydrogens (tertiary/aromatic N) is 4. The summed E-state index contributed by atoms with van der Waals surface area (Å²) >= 11 is 0. The summed E-state index contributed by atoms with van der Waals surface area (Å²) in [5.41, 5.74) is 0. The van der Waals surface area contributed by atoms with E-state index in [4.69, 9.17) is 0 Å². The molecule has 1 aromatic rings. The molecule has 3 heterocycles. The lowest BCUT2D eigenvalue weighted by Crippen LogP contribution is -2.49. The molecule has 2 saturated heterocycles. The quantitative estimate of drug-likeness (QED) is 0.825. The summed E-state index contributed by atoms with van der Waals surface area (Å²) in [5.74, 6) is 0. The SMILES string of the molecule is CNC1CC2CCC(C1)N2CCn1ccnn1. The van der Waals surface area contributed by atoms with Crippen LogP contribution in [0.5, 0.6) is 0 Å². The van der Waals surface area contributed by atoms with Gasteiger partial charge in [-0.1, -0.05) is 5.21 Å². The fourth-order valence-corrected chi connectivity index (χ4v) is 3.44. The molecule has 0 saturated carbocycles. The highest BCUT2D eigenvalue weighted by atomic mass is 15.4. The molecular formula is C12H21N5. The Bertz CT molecular complexity index is 336. The van der Waals surface area contributed by atoms with Gasteiger partial charge in [0.05, 0.1) is 12.7 Å². The van der Waals surface area contributed by atoms with Gasteiger partial charge < -0.3 is 5.32 Å². The third-order valence-electron chi connectivity index (χ3n) is 4.35. The van der Waals surface area contributed by atoms with Crippen LogP contribution in [0.15, 0.2) is 12.4 Å². The summed E-state index contributed by atoms with van der Waals surface area (Å²) < 4.78 is 1.93. The van der Waals surface area contributed by atoms with Gasteiger partial charge in [-0.2, -0.15) is 0 Å². The van der Waals surface area contributed by atoms with E-state index in [9.17, 15) is 0 Å². The van der Waals surface area contributed by atoms with Gasteiger partial charge in [-0.25, -0.2) is 0 Å². The van der Waals surface area contributed by atoms with E-state index in [-0.39, 0.29) is 0 Å². The van der Waals surface area contributed by atoms with Gasteiger partial charge in [0.15, 0.2) is 0 Å². The Balaban J connectivity index is 1.58. The Morgan fingerprint density at radius 3 is 2.59 bits per heavy atom. The van der Waals surface area contributed by atoms with Gasteiger partial charge in [0.1, 0.15) is 0 Å². The Morgan fingerprint density at radius 1 is 1.24 bits per heavy atom. The van der Waals surface area contributed by atoms with Gasteiger partial charge in [0.2, 0.25) is 0 Å². The van der Waals surface area contributed by atoms with Crippen molar-refractivity contribution in [1.29, 1.82) is 0 Å². The zero-order valence-corrected chi connectivity index (χ0v) is 10.4. The summed E-state index contributed by atoms with van der Waals surface area (Å²) in [4.78, 5) is 2.69. The Hall–Kier alpha value is -0.940. The molecule has 5 heteroatoms. The molecule has 2 bridgehead atoms. The minimum atomic E-state index is 0.732. The van der Waals surface area contributed by atoms with Crippen LogP contribution >= 0.6 is 0 Å². The van der Waals surface area contributed by atoms with Crippen molar-refractivity contribution >= 4 is 0 Å². The summed E-state index contributed by atoms with van der Waals surface area (Å²) in [5, 5.41) is 11.3. The van der Waals surface area contributed by atoms with Crippen molar-refractivity contribution < 1.29 is 0 Å². The van der Waals surface area contributed by atoms with E-state index in [1.165, 1.54) is 25.7 Å². The van der Waals surface area contributed by atoms with Gasteiger partial charge in [-0.05, 0) is 32.7 Å². The first-order valence-corrected chi connectivity index (χ1v) is 6.64. The van der Waals surface area contributed by atoms with Crippen LogP contribution in [-0.4, -0.2) is 51.6 Å². The van der Waals surface area contributed by atoms with E-state index in [1.807, 2.05) is 10.9 Å². The highest BCUT2D eigenvalue weighted by molar-refractivity contribution is 4.97. The van der Waals surface area contributed by atoms with E-state index in [1.54, 1.807) is 6.20 Å². The minimum absolute atomic E-state index is 0.732. The molecule has 2 aliphatic heterocycles. The second-order valence-electron chi connectivity index (χ2n) is 5.25. The van der Waals surface area contributed by atoms with E-state index >= 15 is 0 Å². The van der Waals surface area contributed by atoms with Gasteiger partial charge in [0, 0.05) is 30.9 Å². The zero-order valence-electron chi connectivity index (χ0n) is 10.4. The Morgan fingerprint density at radius 2 is 2.00 bits per heavy atom. The first-order chi connectivity index (χ1) is 8.36. The molecular weight excluding hydrogens is 214 g/mol. The van der Waals surface area contributed by atoms with Crippen molar-refractivity contribution in [2.24, 2.45) is 0 Å². The molecule has 1 aromatic heterocycles. The fraction of sp³-hybridized carbons (Fsp3) is 0.833. The summed E-state index contributed by atoms with van der Waals surface area (Å²) in [7, 11) is 2.09. The maximum atomic E-state index is 4.03. The maximum Gasteiger partial charge on any atom is 0.0692 e. The molecule has 0 amide bonds. The van der Waals surface area contributed by atoms with Crippen LogP contribution in [0.25, 0.3) is 0 Å². The van der Waals surface area contributed by atoms with Crippen LogP contribution in [0.1, 0.15) is 25.7 Å². The number of fused-ring (bicyclic) bond motifs is 2. The Kier molecular flexibility index (Phi) is 3.11. The molecule has 0 radical (unpaired) electrons. The van der Waals surface area contributed by atoms with Crippen LogP contribution in [0.4, 0.5) is 0 Å². The van der Waals surface area contributed by atoms with Crippen molar-refractivity contribution in [3.8, 4) is 0 Å². The van der Waals surface area contributed by atoms with E-state index < -0.39 is 0 Å². The predicted molar refractivity (Wildman–Crippen MR) is 65.6 cm³/mol. The molecule has 2 aliphatic rings. The summed E-state index contributed by atoms with van der Waals surface area (Å²) in [6.45, 7) is 2.09. The average Bonchev–Trinajstić information content (AvgIpc) is 2.93. The Labute approximate surface area is 102 Å². The second-order valence-corrected chi connectivity index (χ2v) is 5.25. The highest BCUT2D eigenvalue weighted by Crippen LogP contribution is 2.35. The highest BCUT2D eigenvalue weighted by Gasteiger charge is 2.39. The average molecular weight is 235 g/mol. The fourth-order valence-electron chi connectivity index (χ4n) is 3.44. The largest absolute Gasteiger partial charge is 0.317 e. The van der Waals surface area contributed by atoms with E-state index in [0.717, 1.165) is 31.2 Å². The number of piperidine rings is 1. The zero-order chi connectivity index (χ0) is 11.7. The van der Waals surface area contributed by atoms with Gasteiger partial charge in [-0.3, -0.25) is 9.58 Å². The van der Waals surface area contributed by atoms with E-state index in [0.29, 0.717) is 0 Å². The molecule has 17 heavy (non-hydrogen) atoms. The third kappa shape index (κ3) is 2.21. The molecule has 2 fully saturated rings. The number of aromatic nitrogens is 3. The molecule has 0 aliphatic carbocycles. The molecule has 3 rings (SSSR count). The number of nitrogens with one attached hydrogen (secondary N) is 1. The normalized spacial score (nSPS) is 33.1. The number of hydrogen-bond acceptors (Lipinski definition) is 4. The summed E-state index contributed by atoms with van der Waals surface area (Å²) in [6, 6.07) is 2.31. The number of hydrogen-bond donors (Lipinski definition) is 1. The van der Waals surface area contributed by atoms with Crippen LogP contribution in [0.3, 0.4) is 0 Å². The first-order valence-electron chi connectivity index (χ1n) is 6.64. The molecule has 1 N–H and O–H groups in total. The van der Waals surface area contributed by atoms with Crippen LogP contribution < -0.4 is 5.32 Å². The second kappa shape index (κ2) is 4.74. The maximum absolute atomic E-state index is 4.03. The lowest BCUT2D eigenvalue weighted by Gasteiger charge is -2.38. The monoisotopic (exact) mass is 235 g/mol. The molecule has 2 unspecified atom stereocenters. The van der Waals surface area contributed by atoms with Gasteiger partial charge in [0.25, 0.3) is 0 Å². The molecule has 94 valence electrons. The summed E-state index contributed by atoms with van der Waals surface area (Å²) in [6.07, 6.45) is 9.07. The van der Waals surface area contributed by atoms with Gasteiger partial charge in [-0.15, -0.1) is 5.10 Å². The van der Waals surface area contributed by atoms with Crippen molar-refractivity contribution in [3.63, 3.8) is 0 Å². The van der Waals surface area contributed by atoms with Crippen molar-refractivity contribution in [3.05, 3.63) is 12.4 Å². The van der Waals surface area contributed by atoms with Crippen molar-refractivity contribution in [2.45, 2.75) is 50.4 Å².